The van der Waals surface area contributed by atoms with Gasteiger partial charge in [-0.05, 0) is 25.3 Å². The van der Waals surface area contributed by atoms with Gasteiger partial charge in [-0.3, -0.25) is 16.0 Å². The maximum Gasteiger partial charge on any atom is 0.0624 e. The van der Waals surface area contributed by atoms with Gasteiger partial charge in [0.1, 0.15) is 0 Å². The fourth-order valence-electron chi connectivity index (χ4n) is 1.91. The fraction of sp³-hybridized carbons (Fsp3) is 0.750. The molecule has 1 aromatic heterocycles. The van der Waals surface area contributed by atoms with Crippen LogP contribution in [0.4, 0.5) is 0 Å². The molecule has 0 spiro atoms. The van der Waals surface area contributed by atoms with Crippen LogP contribution in [0.2, 0.25) is 0 Å². The maximum absolute atomic E-state index is 5.57. The third kappa shape index (κ3) is 4.46. The van der Waals surface area contributed by atoms with E-state index in [0.717, 1.165) is 38.0 Å². The van der Waals surface area contributed by atoms with Crippen LogP contribution >= 0.6 is 0 Å². The van der Waals surface area contributed by atoms with Gasteiger partial charge in [-0.1, -0.05) is 6.92 Å². The molecule has 0 bridgehead atoms. The molecular formula is C12H24N4O. The van der Waals surface area contributed by atoms with Crippen LogP contribution in [0.15, 0.2) is 6.07 Å². The Kier molecular flexibility index (Phi) is 6.18. The number of nitrogens with one attached hydrogen (secondary N) is 1. The minimum absolute atomic E-state index is 0.283. The molecule has 0 radical (unpaired) electrons. The summed E-state index contributed by atoms with van der Waals surface area (Å²) >= 11 is 0. The van der Waals surface area contributed by atoms with Gasteiger partial charge in [-0.15, -0.1) is 0 Å². The number of ether oxygens (including phenoxy) is 1. The number of aryl methyl sites for hydroxylation is 2. The highest BCUT2D eigenvalue weighted by atomic mass is 16.5. The highest BCUT2D eigenvalue weighted by molar-refractivity contribution is 5.11. The topological polar surface area (TPSA) is 65.1 Å². The highest BCUT2D eigenvalue weighted by Gasteiger charge is 2.11. The van der Waals surface area contributed by atoms with Crippen molar-refractivity contribution in [1.82, 2.24) is 15.2 Å². The first-order valence-corrected chi connectivity index (χ1v) is 6.18. The molecule has 1 atom stereocenters. The minimum atomic E-state index is 0.283. The molecule has 1 rings (SSSR count). The Morgan fingerprint density at radius 1 is 1.59 bits per heavy atom. The van der Waals surface area contributed by atoms with E-state index in [9.17, 15) is 0 Å². The lowest BCUT2D eigenvalue weighted by atomic mass is 10.1. The molecule has 17 heavy (non-hydrogen) atoms. The van der Waals surface area contributed by atoms with E-state index in [0.29, 0.717) is 0 Å². The van der Waals surface area contributed by atoms with E-state index in [-0.39, 0.29) is 6.04 Å². The smallest absolute Gasteiger partial charge is 0.0624 e. The number of methoxy groups -OCH3 is 1. The summed E-state index contributed by atoms with van der Waals surface area (Å²) in [5.41, 5.74) is 5.23. The molecule has 98 valence electrons. The summed E-state index contributed by atoms with van der Waals surface area (Å²) in [6.45, 7) is 2.90. The van der Waals surface area contributed by atoms with E-state index >= 15 is 0 Å². The summed E-state index contributed by atoms with van der Waals surface area (Å²) in [6, 6.07) is 2.44. The van der Waals surface area contributed by atoms with Gasteiger partial charge < -0.3 is 4.74 Å². The Bertz CT molecular complexity index is 324. The molecule has 0 saturated heterocycles. The number of nitrogens with zero attached hydrogens (tertiary/aromatic N) is 2. The van der Waals surface area contributed by atoms with Gasteiger partial charge in [0.15, 0.2) is 0 Å². The summed E-state index contributed by atoms with van der Waals surface area (Å²) in [4.78, 5) is 0. The van der Waals surface area contributed by atoms with Gasteiger partial charge in [0, 0.05) is 38.9 Å². The molecule has 5 nitrogen and oxygen atoms in total. The second kappa shape index (κ2) is 7.42. The van der Waals surface area contributed by atoms with Crippen LogP contribution in [0, 0.1) is 0 Å². The van der Waals surface area contributed by atoms with Crippen LogP contribution in [0.25, 0.3) is 0 Å². The zero-order valence-corrected chi connectivity index (χ0v) is 11.1. The zero-order chi connectivity index (χ0) is 12.7. The van der Waals surface area contributed by atoms with E-state index in [1.165, 1.54) is 5.69 Å². The molecule has 0 aliphatic rings. The molecule has 0 fully saturated rings. The van der Waals surface area contributed by atoms with Crippen molar-refractivity contribution in [1.29, 1.82) is 0 Å². The van der Waals surface area contributed by atoms with E-state index < -0.39 is 0 Å². The average Bonchev–Trinajstić information content (AvgIpc) is 2.69. The molecule has 1 unspecified atom stereocenters. The van der Waals surface area contributed by atoms with Crippen molar-refractivity contribution in [3.05, 3.63) is 17.5 Å². The Hall–Kier alpha value is -0.910. The second-order valence-corrected chi connectivity index (χ2v) is 4.31. The molecule has 1 heterocycles. The highest BCUT2D eigenvalue weighted by Crippen LogP contribution is 2.09. The van der Waals surface area contributed by atoms with Crippen molar-refractivity contribution in [3.8, 4) is 0 Å². The molecule has 0 aliphatic carbocycles. The van der Waals surface area contributed by atoms with Gasteiger partial charge in [-0.2, -0.15) is 5.10 Å². The number of hydrogen-bond acceptors (Lipinski definition) is 4. The average molecular weight is 240 g/mol. The Balaban J connectivity index is 2.51. The van der Waals surface area contributed by atoms with E-state index in [1.54, 1.807) is 7.11 Å². The van der Waals surface area contributed by atoms with Crippen molar-refractivity contribution in [2.45, 2.75) is 38.6 Å². The number of aromatic nitrogens is 2. The van der Waals surface area contributed by atoms with Crippen LogP contribution in [0.3, 0.4) is 0 Å². The fourth-order valence-corrected chi connectivity index (χ4v) is 1.91. The van der Waals surface area contributed by atoms with Crippen molar-refractivity contribution >= 4 is 0 Å². The van der Waals surface area contributed by atoms with Gasteiger partial charge >= 0.3 is 0 Å². The largest absolute Gasteiger partial charge is 0.385 e. The summed E-state index contributed by atoms with van der Waals surface area (Å²) in [7, 11) is 3.71. The maximum atomic E-state index is 5.57. The first-order valence-electron chi connectivity index (χ1n) is 6.18. The van der Waals surface area contributed by atoms with Crippen molar-refractivity contribution < 1.29 is 4.74 Å². The second-order valence-electron chi connectivity index (χ2n) is 4.31. The zero-order valence-electron chi connectivity index (χ0n) is 11.1. The van der Waals surface area contributed by atoms with Crippen LogP contribution in [-0.4, -0.2) is 29.5 Å². The number of nitrogens with two attached hydrogens (primary N) is 1. The molecule has 1 aromatic rings. The monoisotopic (exact) mass is 240 g/mol. The number of hydrazine groups is 1. The Morgan fingerprint density at radius 3 is 2.88 bits per heavy atom. The number of hydrogen-bond donors (Lipinski definition) is 2. The quantitative estimate of drug-likeness (QED) is 0.400. The lowest BCUT2D eigenvalue weighted by Gasteiger charge is -2.15. The number of rotatable bonds is 8. The first-order chi connectivity index (χ1) is 8.21. The van der Waals surface area contributed by atoms with E-state index in [4.69, 9.17) is 10.6 Å². The Labute approximate surface area is 103 Å². The summed E-state index contributed by atoms with van der Waals surface area (Å²) < 4.78 is 6.99. The molecule has 3 N–H and O–H groups in total. The van der Waals surface area contributed by atoms with Gasteiger partial charge in [0.2, 0.25) is 0 Å². The lowest BCUT2D eigenvalue weighted by molar-refractivity contribution is 0.188. The molecule has 0 aromatic carbocycles. The van der Waals surface area contributed by atoms with Gasteiger partial charge in [0.25, 0.3) is 0 Å². The van der Waals surface area contributed by atoms with Crippen LogP contribution in [0.5, 0.6) is 0 Å². The summed E-state index contributed by atoms with van der Waals surface area (Å²) in [5.74, 6) is 5.57. The SMILES string of the molecule is CCc1cc(CC(CCCOC)NN)n(C)n1. The van der Waals surface area contributed by atoms with Crippen LogP contribution in [0.1, 0.15) is 31.2 Å². The van der Waals surface area contributed by atoms with Gasteiger partial charge in [-0.25, -0.2) is 0 Å². The normalized spacial score (nSPS) is 12.9. The third-order valence-corrected chi connectivity index (χ3v) is 2.98. The van der Waals surface area contributed by atoms with Crippen molar-refractivity contribution in [2.24, 2.45) is 12.9 Å². The molecule has 0 aliphatic heterocycles. The predicted molar refractivity (Wildman–Crippen MR) is 68.5 cm³/mol. The Morgan fingerprint density at radius 2 is 2.35 bits per heavy atom. The van der Waals surface area contributed by atoms with Gasteiger partial charge in [0.05, 0.1) is 5.69 Å². The van der Waals surface area contributed by atoms with Crippen molar-refractivity contribution in [2.75, 3.05) is 13.7 Å². The third-order valence-electron chi connectivity index (χ3n) is 2.98. The molecule has 5 heteroatoms. The molecule has 0 amide bonds. The van der Waals surface area contributed by atoms with Crippen molar-refractivity contribution in [3.63, 3.8) is 0 Å². The first kappa shape index (κ1) is 14.2. The summed E-state index contributed by atoms with van der Waals surface area (Å²) in [6.07, 6.45) is 3.91. The molecular weight excluding hydrogens is 216 g/mol. The predicted octanol–water partition coefficient (Wildman–Crippen LogP) is 0.784. The standard InChI is InChI=1S/C12H24N4O/c1-4-10-8-12(16(2)15-10)9-11(14-13)6-5-7-17-3/h8,11,14H,4-7,9,13H2,1-3H3. The van der Waals surface area contributed by atoms with E-state index in [1.807, 2.05) is 11.7 Å². The van der Waals surface area contributed by atoms with E-state index in [2.05, 4.69) is 23.5 Å². The summed E-state index contributed by atoms with van der Waals surface area (Å²) in [5, 5.41) is 4.44. The minimum Gasteiger partial charge on any atom is -0.385 e. The molecule has 0 saturated carbocycles. The van der Waals surface area contributed by atoms with Crippen LogP contribution < -0.4 is 11.3 Å². The van der Waals surface area contributed by atoms with Crippen LogP contribution in [-0.2, 0) is 24.6 Å². The lowest BCUT2D eigenvalue weighted by Crippen LogP contribution is -2.37.